The first kappa shape index (κ1) is 16.9. The molecule has 2 aromatic carbocycles. The second kappa shape index (κ2) is 6.62. The molecule has 0 N–H and O–H groups in total. The summed E-state index contributed by atoms with van der Waals surface area (Å²) in [7, 11) is 0. The van der Waals surface area contributed by atoms with Gasteiger partial charge >= 0.3 is 0 Å². The van der Waals surface area contributed by atoms with E-state index in [0.29, 0.717) is 5.56 Å². The average Bonchev–Trinajstić information content (AvgIpc) is 2.69. The van der Waals surface area contributed by atoms with E-state index in [2.05, 4.69) is 53.7 Å². The molecular formula is C23H20N4+2. The lowest BCUT2D eigenvalue weighted by Crippen LogP contribution is -2.40. The van der Waals surface area contributed by atoms with Gasteiger partial charge in [-0.05, 0) is 19.1 Å². The third kappa shape index (κ3) is 2.84. The molecule has 4 nitrogen and oxygen atoms in total. The Bertz CT molecular complexity index is 1220. The van der Waals surface area contributed by atoms with Crippen molar-refractivity contribution in [2.45, 2.75) is 20.8 Å². The SMILES string of the molecule is Cc1c(-[n+]2cccnc2C)cc(C#N)cc1-[n+]1c(C)ccc2ccccc21. The van der Waals surface area contributed by atoms with E-state index in [1.165, 1.54) is 0 Å². The molecule has 2 aromatic heterocycles. The van der Waals surface area contributed by atoms with Gasteiger partial charge < -0.3 is 0 Å². The maximum absolute atomic E-state index is 9.64. The Balaban J connectivity index is 2.10. The van der Waals surface area contributed by atoms with Crippen molar-refractivity contribution in [3.63, 3.8) is 0 Å². The lowest BCUT2D eigenvalue weighted by molar-refractivity contribution is -0.609. The smallest absolute Gasteiger partial charge is 0.200 e. The van der Waals surface area contributed by atoms with Gasteiger partial charge in [-0.3, -0.25) is 0 Å². The highest BCUT2D eigenvalue weighted by molar-refractivity contribution is 5.76. The molecule has 0 aliphatic rings. The number of nitriles is 1. The van der Waals surface area contributed by atoms with Crippen LogP contribution in [0.5, 0.6) is 0 Å². The summed E-state index contributed by atoms with van der Waals surface area (Å²) in [6.45, 7) is 6.15. The fraction of sp³-hybridized carbons (Fsp3) is 0.130. The molecule has 0 spiro atoms. The van der Waals surface area contributed by atoms with Crippen LogP contribution in [0.15, 0.2) is 67.0 Å². The van der Waals surface area contributed by atoms with Crippen molar-refractivity contribution >= 4 is 10.9 Å². The number of para-hydroxylation sites is 1. The first-order valence-corrected chi connectivity index (χ1v) is 8.89. The quantitative estimate of drug-likeness (QED) is 0.518. The van der Waals surface area contributed by atoms with Gasteiger partial charge in [-0.1, -0.05) is 17.1 Å². The van der Waals surface area contributed by atoms with Gasteiger partial charge in [-0.25, -0.2) is 0 Å². The highest BCUT2D eigenvalue weighted by Gasteiger charge is 2.24. The molecule has 4 heteroatoms. The van der Waals surface area contributed by atoms with E-state index in [4.69, 9.17) is 0 Å². The first-order valence-electron chi connectivity index (χ1n) is 8.89. The van der Waals surface area contributed by atoms with Crippen molar-refractivity contribution in [3.8, 4) is 17.4 Å². The lowest BCUT2D eigenvalue weighted by atomic mass is 10.1. The van der Waals surface area contributed by atoms with Gasteiger partial charge in [0.2, 0.25) is 11.2 Å². The van der Waals surface area contributed by atoms with Crippen LogP contribution in [0, 0.1) is 32.1 Å². The molecule has 0 radical (unpaired) electrons. The van der Waals surface area contributed by atoms with Gasteiger partial charge in [0.15, 0.2) is 5.69 Å². The van der Waals surface area contributed by atoms with Crippen molar-refractivity contribution < 1.29 is 9.13 Å². The van der Waals surface area contributed by atoms with Crippen molar-refractivity contribution in [2.24, 2.45) is 0 Å². The molecule has 130 valence electrons. The van der Waals surface area contributed by atoms with Crippen LogP contribution < -0.4 is 9.13 Å². The molecule has 2 heterocycles. The number of benzene rings is 2. The second-order valence-electron chi connectivity index (χ2n) is 6.66. The third-order valence-corrected chi connectivity index (χ3v) is 4.95. The molecule has 0 atom stereocenters. The van der Waals surface area contributed by atoms with Crippen LogP contribution in [0.2, 0.25) is 0 Å². The van der Waals surface area contributed by atoms with E-state index in [9.17, 15) is 5.26 Å². The number of hydrogen-bond donors (Lipinski definition) is 0. The summed E-state index contributed by atoms with van der Waals surface area (Å²) in [6.07, 6.45) is 3.76. The Morgan fingerprint density at radius 3 is 2.48 bits per heavy atom. The van der Waals surface area contributed by atoms with Crippen molar-refractivity contribution in [1.29, 1.82) is 5.26 Å². The van der Waals surface area contributed by atoms with Crippen molar-refractivity contribution in [2.75, 3.05) is 0 Å². The van der Waals surface area contributed by atoms with E-state index in [1.54, 1.807) is 6.20 Å². The molecule has 0 aliphatic carbocycles. The number of rotatable bonds is 2. The first-order chi connectivity index (χ1) is 13.1. The number of aryl methyl sites for hydroxylation is 2. The molecule has 4 aromatic rings. The van der Waals surface area contributed by atoms with Gasteiger partial charge in [0.05, 0.1) is 17.2 Å². The summed E-state index contributed by atoms with van der Waals surface area (Å²) in [6, 6.07) is 20.7. The van der Waals surface area contributed by atoms with Crippen LogP contribution in [0.25, 0.3) is 22.3 Å². The van der Waals surface area contributed by atoms with E-state index in [1.807, 2.05) is 48.0 Å². The van der Waals surface area contributed by atoms with Gasteiger partial charge in [-0.15, -0.1) is 0 Å². The maximum Gasteiger partial charge on any atom is 0.300 e. The Morgan fingerprint density at radius 1 is 0.926 bits per heavy atom. The molecule has 0 amide bonds. The zero-order chi connectivity index (χ0) is 19.0. The number of aromatic nitrogens is 3. The predicted molar refractivity (Wildman–Crippen MR) is 104 cm³/mol. The van der Waals surface area contributed by atoms with Gasteiger partial charge in [0, 0.05) is 49.6 Å². The van der Waals surface area contributed by atoms with Crippen LogP contribution in [-0.4, -0.2) is 4.98 Å². The monoisotopic (exact) mass is 352 g/mol. The van der Waals surface area contributed by atoms with Crippen molar-refractivity contribution in [1.82, 2.24) is 4.98 Å². The lowest BCUT2D eigenvalue weighted by Gasteiger charge is -2.10. The van der Waals surface area contributed by atoms with Gasteiger partial charge in [0.25, 0.3) is 5.82 Å². The van der Waals surface area contributed by atoms with E-state index in [-0.39, 0.29) is 0 Å². The second-order valence-corrected chi connectivity index (χ2v) is 6.66. The van der Waals surface area contributed by atoms with Crippen LogP contribution in [0.1, 0.15) is 22.6 Å². The van der Waals surface area contributed by atoms with Gasteiger partial charge in [-0.2, -0.15) is 14.4 Å². The number of fused-ring (bicyclic) bond motifs is 1. The minimum Gasteiger partial charge on any atom is -0.200 e. The highest BCUT2D eigenvalue weighted by Crippen LogP contribution is 2.21. The molecule has 0 aliphatic heterocycles. The maximum atomic E-state index is 9.64. The number of pyridine rings is 1. The Morgan fingerprint density at radius 2 is 1.70 bits per heavy atom. The van der Waals surface area contributed by atoms with Crippen LogP contribution in [0.4, 0.5) is 0 Å². The summed E-state index contributed by atoms with van der Waals surface area (Å²) in [5.41, 5.74) is 5.93. The molecule has 0 saturated carbocycles. The predicted octanol–water partition coefficient (Wildman–Crippen LogP) is 3.59. The summed E-state index contributed by atoms with van der Waals surface area (Å²) in [5.74, 6) is 0.876. The minimum absolute atomic E-state index is 0.626. The van der Waals surface area contributed by atoms with E-state index in [0.717, 1.165) is 39.4 Å². The summed E-state index contributed by atoms with van der Waals surface area (Å²) < 4.78 is 4.25. The molecular weight excluding hydrogens is 332 g/mol. The summed E-state index contributed by atoms with van der Waals surface area (Å²) in [4.78, 5) is 4.40. The topological polar surface area (TPSA) is 44.4 Å². The fourth-order valence-electron chi connectivity index (χ4n) is 3.56. The van der Waals surface area contributed by atoms with Crippen LogP contribution >= 0.6 is 0 Å². The van der Waals surface area contributed by atoms with E-state index < -0.39 is 0 Å². The Kier molecular flexibility index (Phi) is 4.13. The average molecular weight is 352 g/mol. The summed E-state index contributed by atoms with van der Waals surface area (Å²) >= 11 is 0. The molecule has 0 fully saturated rings. The zero-order valence-corrected chi connectivity index (χ0v) is 15.6. The van der Waals surface area contributed by atoms with E-state index >= 15 is 0 Å². The minimum atomic E-state index is 0.626. The van der Waals surface area contributed by atoms with Crippen LogP contribution in [0.3, 0.4) is 0 Å². The molecule has 0 bridgehead atoms. The molecule has 0 unspecified atom stereocenters. The Hall–Kier alpha value is -3.58. The standard InChI is InChI=1S/C23H20N4/c1-16-9-10-20-7-4-5-8-21(20)27(16)23-14-19(15-24)13-22(17(23)2)26-12-6-11-25-18(26)3/h4-14H,1-3H3/q+2. The van der Waals surface area contributed by atoms with Gasteiger partial charge in [0.1, 0.15) is 18.1 Å². The normalized spacial score (nSPS) is 10.7. The fourth-order valence-corrected chi connectivity index (χ4v) is 3.56. The molecule has 4 rings (SSSR count). The highest BCUT2D eigenvalue weighted by atomic mass is 15.0. The summed E-state index contributed by atoms with van der Waals surface area (Å²) in [5, 5.41) is 10.8. The number of nitrogens with zero attached hydrogens (tertiary/aromatic N) is 4. The largest absolute Gasteiger partial charge is 0.300 e. The third-order valence-electron chi connectivity index (χ3n) is 4.95. The van der Waals surface area contributed by atoms with Crippen LogP contribution in [-0.2, 0) is 0 Å². The number of hydrogen-bond acceptors (Lipinski definition) is 2. The molecule has 0 saturated heterocycles. The Labute approximate surface area is 158 Å². The zero-order valence-electron chi connectivity index (χ0n) is 15.6. The molecule has 27 heavy (non-hydrogen) atoms. The van der Waals surface area contributed by atoms with Crippen molar-refractivity contribution in [3.05, 3.63) is 89.6 Å².